The highest BCUT2D eigenvalue weighted by Crippen LogP contribution is 2.40. The second kappa shape index (κ2) is 11.4. The van der Waals surface area contributed by atoms with Crippen molar-refractivity contribution in [3.8, 4) is 23.0 Å². The quantitative estimate of drug-likeness (QED) is 0.283. The largest absolute Gasteiger partial charge is 0.497 e. The number of pyridine rings is 1. The molecule has 0 saturated heterocycles. The molecule has 2 aromatic heterocycles. The van der Waals surface area contributed by atoms with Gasteiger partial charge in [-0.05, 0) is 42.0 Å². The number of anilines is 3. The first-order chi connectivity index (χ1) is 17.5. The van der Waals surface area contributed by atoms with Gasteiger partial charge >= 0.3 is 0 Å². The molecular weight excluding hydrogens is 480 g/mol. The SMILES string of the molecule is COc1cccc(CNC(=S)Nc2ccc3ncc(Nc4cc(OC)c(OC)c(OC)c4)nc3n2)c1. The van der Waals surface area contributed by atoms with Gasteiger partial charge in [-0.25, -0.2) is 15.0 Å². The van der Waals surface area contributed by atoms with E-state index in [-0.39, 0.29) is 0 Å². The van der Waals surface area contributed by atoms with Gasteiger partial charge in [0.15, 0.2) is 28.1 Å². The number of benzene rings is 2. The number of rotatable bonds is 9. The lowest BCUT2D eigenvalue weighted by molar-refractivity contribution is 0.324. The topological polar surface area (TPSA) is 112 Å². The van der Waals surface area contributed by atoms with Gasteiger partial charge in [-0.15, -0.1) is 0 Å². The van der Waals surface area contributed by atoms with Crippen molar-refractivity contribution < 1.29 is 18.9 Å². The summed E-state index contributed by atoms with van der Waals surface area (Å²) in [4.78, 5) is 13.6. The maximum Gasteiger partial charge on any atom is 0.203 e. The van der Waals surface area contributed by atoms with Crippen LogP contribution in [0.15, 0.2) is 54.7 Å². The van der Waals surface area contributed by atoms with Gasteiger partial charge in [0.25, 0.3) is 0 Å². The van der Waals surface area contributed by atoms with Crippen molar-refractivity contribution in [1.29, 1.82) is 0 Å². The predicted octanol–water partition coefficient (Wildman–Crippen LogP) is 4.29. The Kier molecular flexibility index (Phi) is 7.81. The molecule has 4 rings (SSSR count). The van der Waals surface area contributed by atoms with E-state index in [2.05, 4.69) is 30.9 Å². The van der Waals surface area contributed by atoms with Gasteiger partial charge in [0, 0.05) is 24.4 Å². The highest BCUT2D eigenvalue weighted by Gasteiger charge is 2.14. The third kappa shape index (κ3) is 5.81. The number of hydrogen-bond acceptors (Lipinski definition) is 9. The van der Waals surface area contributed by atoms with Gasteiger partial charge in [-0.1, -0.05) is 12.1 Å². The molecular formula is C25H26N6O4S. The molecule has 0 aliphatic rings. The molecule has 3 N–H and O–H groups in total. The highest BCUT2D eigenvalue weighted by molar-refractivity contribution is 7.80. The Labute approximate surface area is 214 Å². The Morgan fingerprint density at radius 1 is 0.861 bits per heavy atom. The van der Waals surface area contributed by atoms with Crippen LogP contribution in [0.2, 0.25) is 0 Å². The van der Waals surface area contributed by atoms with Crippen LogP contribution in [0.5, 0.6) is 23.0 Å². The summed E-state index contributed by atoms with van der Waals surface area (Å²) in [6.07, 6.45) is 1.63. The molecule has 0 radical (unpaired) electrons. The molecule has 0 spiro atoms. The molecule has 0 bridgehead atoms. The zero-order chi connectivity index (χ0) is 25.5. The first-order valence-electron chi connectivity index (χ1n) is 10.9. The number of nitrogens with zero attached hydrogens (tertiary/aromatic N) is 3. The van der Waals surface area contributed by atoms with E-state index in [1.807, 2.05) is 30.3 Å². The molecule has 186 valence electrons. The van der Waals surface area contributed by atoms with Crippen molar-refractivity contribution >= 4 is 45.8 Å². The van der Waals surface area contributed by atoms with Crippen LogP contribution < -0.4 is 34.9 Å². The van der Waals surface area contributed by atoms with Crippen molar-refractivity contribution in [2.75, 3.05) is 39.1 Å². The Balaban J connectivity index is 1.47. The van der Waals surface area contributed by atoms with E-state index < -0.39 is 0 Å². The average Bonchev–Trinajstić information content (AvgIpc) is 2.91. The Morgan fingerprint density at radius 2 is 1.61 bits per heavy atom. The molecule has 0 saturated carbocycles. The van der Waals surface area contributed by atoms with Crippen LogP contribution in [0.25, 0.3) is 11.2 Å². The summed E-state index contributed by atoms with van der Waals surface area (Å²) in [6.45, 7) is 0.541. The monoisotopic (exact) mass is 506 g/mol. The van der Waals surface area contributed by atoms with Crippen LogP contribution in [0.3, 0.4) is 0 Å². The summed E-state index contributed by atoms with van der Waals surface area (Å²) in [5.41, 5.74) is 2.83. The zero-order valence-electron chi connectivity index (χ0n) is 20.3. The summed E-state index contributed by atoms with van der Waals surface area (Å²) in [5.74, 6) is 3.38. The van der Waals surface area contributed by atoms with E-state index >= 15 is 0 Å². The fourth-order valence-electron chi connectivity index (χ4n) is 3.45. The van der Waals surface area contributed by atoms with E-state index in [0.29, 0.717) is 57.4 Å². The first kappa shape index (κ1) is 24.7. The number of thiocarbonyl (C=S) groups is 1. The first-order valence-corrected chi connectivity index (χ1v) is 11.3. The Bertz CT molecular complexity index is 1360. The summed E-state index contributed by atoms with van der Waals surface area (Å²) >= 11 is 5.42. The molecule has 4 aromatic rings. The fourth-order valence-corrected chi connectivity index (χ4v) is 3.63. The van der Waals surface area contributed by atoms with Crippen LogP contribution >= 0.6 is 12.2 Å². The molecule has 0 fully saturated rings. The molecule has 0 unspecified atom stereocenters. The summed E-state index contributed by atoms with van der Waals surface area (Å²) in [5, 5.41) is 9.89. The van der Waals surface area contributed by atoms with Crippen LogP contribution in [-0.2, 0) is 6.54 Å². The third-order valence-corrected chi connectivity index (χ3v) is 5.42. The van der Waals surface area contributed by atoms with Crippen molar-refractivity contribution in [3.63, 3.8) is 0 Å². The summed E-state index contributed by atoms with van der Waals surface area (Å²) in [6, 6.07) is 14.9. The second-order valence-corrected chi connectivity index (χ2v) is 7.90. The standard InChI is InChI=1S/C25H26N6O4S/c1-32-17-7-5-6-15(10-17)13-27-25(36)31-21-9-8-18-24(29-21)30-22(14-26-18)28-16-11-19(33-2)23(35-4)20(12-16)34-3/h5-12,14H,13H2,1-4H3,(H3,27,28,29,30,31,36). The third-order valence-electron chi connectivity index (χ3n) is 5.17. The van der Waals surface area contributed by atoms with Crippen molar-refractivity contribution in [3.05, 3.63) is 60.3 Å². The van der Waals surface area contributed by atoms with E-state index in [9.17, 15) is 0 Å². The van der Waals surface area contributed by atoms with Crippen molar-refractivity contribution in [2.24, 2.45) is 0 Å². The molecule has 11 heteroatoms. The maximum absolute atomic E-state index is 5.42. The molecule has 0 aliphatic heterocycles. The van der Waals surface area contributed by atoms with E-state index in [1.165, 1.54) is 0 Å². The lowest BCUT2D eigenvalue weighted by Crippen LogP contribution is -2.28. The summed E-state index contributed by atoms with van der Waals surface area (Å²) < 4.78 is 21.5. The molecule has 10 nitrogen and oxygen atoms in total. The number of hydrogen-bond donors (Lipinski definition) is 3. The van der Waals surface area contributed by atoms with Crippen LogP contribution in [-0.4, -0.2) is 48.5 Å². The van der Waals surface area contributed by atoms with Gasteiger partial charge in [0.05, 0.1) is 34.6 Å². The number of nitrogens with one attached hydrogen (secondary N) is 3. The van der Waals surface area contributed by atoms with Crippen LogP contribution in [0.1, 0.15) is 5.56 Å². The van der Waals surface area contributed by atoms with Gasteiger partial charge in [-0.3, -0.25) is 0 Å². The average molecular weight is 507 g/mol. The highest BCUT2D eigenvalue weighted by atomic mass is 32.1. The minimum atomic E-state index is 0.435. The predicted molar refractivity (Wildman–Crippen MR) is 143 cm³/mol. The number of aromatic nitrogens is 3. The molecule has 0 atom stereocenters. The normalized spacial score (nSPS) is 10.4. The number of ether oxygens (including phenoxy) is 4. The lowest BCUT2D eigenvalue weighted by atomic mass is 10.2. The van der Waals surface area contributed by atoms with E-state index in [0.717, 1.165) is 11.3 Å². The van der Waals surface area contributed by atoms with E-state index in [4.69, 9.17) is 31.2 Å². The van der Waals surface area contributed by atoms with Gasteiger partial charge in [0.2, 0.25) is 5.75 Å². The van der Waals surface area contributed by atoms with Gasteiger partial charge in [-0.2, -0.15) is 0 Å². The fraction of sp³-hybridized carbons (Fsp3) is 0.200. The van der Waals surface area contributed by atoms with E-state index in [1.54, 1.807) is 52.8 Å². The molecule has 36 heavy (non-hydrogen) atoms. The van der Waals surface area contributed by atoms with Crippen molar-refractivity contribution in [1.82, 2.24) is 20.3 Å². The summed E-state index contributed by atoms with van der Waals surface area (Å²) in [7, 11) is 6.31. The van der Waals surface area contributed by atoms with Crippen LogP contribution in [0, 0.1) is 0 Å². The minimum Gasteiger partial charge on any atom is -0.497 e. The number of methoxy groups -OCH3 is 4. The maximum atomic E-state index is 5.42. The van der Waals surface area contributed by atoms with Crippen molar-refractivity contribution in [2.45, 2.75) is 6.54 Å². The number of fused-ring (bicyclic) bond motifs is 1. The lowest BCUT2D eigenvalue weighted by Gasteiger charge is -2.15. The second-order valence-electron chi connectivity index (χ2n) is 7.49. The molecule has 0 aliphatic carbocycles. The van der Waals surface area contributed by atoms with Gasteiger partial charge < -0.3 is 34.9 Å². The smallest absolute Gasteiger partial charge is 0.203 e. The zero-order valence-corrected chi connectivity index (χ0v) is 21.1. The van der Waals surface area contributed by atoms with Crippen LogP contribution in [0.4, 0.5) is 17.3 Å². The molecule has 2 heterocycles. The Hall–Kier alpha value is -4.38. The van der Waals surface area contributed by atoms with Gasteiger partial charge in [0.1, 0.15) is 17.1 Å². The Morgan fingerprint density at radius 3 is 2.31 bits per heavy atom. The molecule has 2 aromatic carbocycles. The molecule has 0 amide bonds. The minimum absolute atomic E-state index is 0.435.